The standard InChI is InChI=1S/C22H25N3O5S/c1-3-29-22(26)19-13(2)30-21(24)16(12-23)20(19)14-9-10-18(17(11-14)25(27)28)31-15-7-5-4-6-8-15/h9-11,15,20H,3-8,24H2,1-2H3. The monoisotopic (exact) mass is 443 g/mol. The topological polar surface area (TPSA) is 128 Å². The summed E-state index contributed by atoms with van der Waals surface area (Å²) in [5, 5.41) is 21.9. The lowest BCUT2D eigenvalue weighted by Gasteiger charge is -2.27. The molecule has 31 heavy (non-hydrogen) atoms. The fourth-order valence-corrected chi connectivity index (χ4v) is 5.34. The number of carbonyl (C=O) groups is 1. The summed E-state index contributed by atoms with van der Waals surface area (Å²) < 4.78 is 10.5. The molecule has 1 unspecified atom stereocenters. The van der Waals surface area contributed by atoms with E-state index in [9.17, 15) is 20.2 Å². The Kier molecular flexibility index (Phi) is 7.23. The minimum Gasteiger partial charge on any atom is -0.463 e. The van der Waals surface area contributed by atoms with E-state index >= 15 is 0 Å². The highest BCUT2D eigenvalue weighted by atomic mass is 32.2. The van der Waals surface area contributed by atoms with Gasteiger partial charge in [-0.05, 0) is 38.3 Å². The summed E-state index contributed by atoms with van der Waals surface area (Å²) in [7, 11) is 0. The minimum absolute atomic E-state index is 0.0237. The van der Waals surface area contributed by atoms with Crippen LogP contribution in [0.25, 0.3) is 0 Å². The highest BCUT2D eigenvalue weighted by molar-refractivity contribution is 8.00. The second-order valence-electron chi connectivity index (χ2n) is 7.48. The van der Waals surface area contributed by atoms with Gasteiger partial charge in [0.25, 0.3) is 5.69 Å². The van der Waals surface area contributed by atoms with Gasteiger partial charge in [-0.2, -0.15) is 5.26 Å². The van der Waals surface area contributed by atoms with Crippen molar-refractivity contribution in [1.82, 2.24) is 0 Å². The van der Waals surface area contributed by atoms with E-state index in [1.165, 1.54) is 24.2 Å². The van der Waals surface area contributed by atoms with Gasteiger partial charge in [0, 0.05) is 11.3 Å². The molecule has 1 aliphatic heterocycles. The molecule has 0 saturated heterocycles. The van der Waals surface area contributed by atoms with Crippen LogP contribution in [0, 0.1) is 21.4 Å². The number of nitro benzene ring substituents is 1. The molecule has 1 saturated carbocycles. The number of hydrogen-bond donors (Lipinski definition) is 1. The van der Waals surface area contributed by atoms with E-state index in [4.69, 9.17) is 15.2 Å². The number of nitrogens with two attached hydrogens (primary N) is 1. The van der Waals surface area contributed by atoms with Crippen LogP contribution in [-0.4, -0.2) is 22.7 Å². The van der Waals surface area contributed by atoms with Gasteiger partial charge in [-0.15, -0.1) is 11.8 Å². The van der Waals surface area contributed by atoms with E-state index in [-0.39, 0.29) is 35.1 Å². The number of nitrogens with zero attached hydrogens (tertiary/aromatic N) is 2. The Balaban J connectivity index is 2.06. The normalized spacial score (nSPS) is 19.6. The van der Waals surface area contributed by atoms with Gasteiger partial charge in [0.05, 0.1) is 27.9 Å². The van der Waals surface area contributed by atoms with Crippen LogP contribution in [0.3, 0.4) is 0 Å². The van der Waals surface area contributed by atoms with Gasteiger partial charge in [0.1, 0.15) is 17.4 Å². The van der Waals surface area contributed by atoms with Crippen LogP contribution in [0.1, 0.15) is 57.4 Å². The summed E-state index contributed by atoms with van der Waals surface area (Å²) >= 11 is 1.53. The third kappa shape index (κ3) is 4.85. The fourth-order valence-electron chi connectivity index (χ4n) is 4.01. The number of carbonyl (C=O) groups excluding carboxylic acids is 1. The molecule has 0 bridgehead atoms. The van der Waals surface area contributed by atoms with Crippen LogP contribution >= 0.6 is 11.8 Å². The summed E-state index contributed by atoms with van der Waals surface area (Å²) in [5.74, 6) is -1.46. The largest absolute Gasteiger partial charge is 0.463 e. The Bertz CT molecular complexity index is 989. The molecule has 1 aromatic carbocycles. The van der Waals surface area contributed by atoms with Crippen molar-refractivity contribution in [3.63, 3.8) is 0 Å². The lowest BCUT2D eigenvalue weighted by Crippen LogP contribution is -2.25. The maximum atomic E-state index is 12.6. The number of nitro groups is 1. The number of hydrogen-bond acceptors (Lipinski definition) is 8. The molecule has 1 atom stereocenters. The van der Waals surface area contributed by atoms with Crippen LogP contribution in [0.5, 0.6) is 0 Å². The van der Waals surface area contributed by atoms with E-state index in [2.05, 4.69) is 0 Å². The van der Waals surface area contributed by atoms with E-state index in [0.717, 1.165) is 25.7 Å². The molecule has 0 radical (unpaired) electrons. The molecule has 0 amide bonds. The van der Waals surface area contributed by atoms with Gasteiger partial charge in [0.15, 0.2) is 0 Å². The van der Waals surface area contributed by atoms with Gasteiger partial charge in [-0.3, -0.25) is 10.1 Å². The van der Waals surface area contributed by atoms with Gasteiger partial charge in [-0.25, -0.2) is 4.79 Å². The van der Waals surface area contributed by atoms with E-state index in [0.29, 0.717) is 15.7 Å². The first-order valence-electron chi connectivity index (χ1n) is 10.3. The second kappa shape index (κ2) is 9.88. The molecule has 1 aromatic rings. The van der Waals surface area contributed by atoms with Gasteiger partial charge >= 0.3 is 5.97 Å². The number of benzene rings is 1. The molecular weight excluding hydrogens is 418 g/mol. The maximum Gasteiger partial charge on any atom is 0.338 e. The number of esters is 1. The molecule has 8 nitrogen and oxygen atoms in total. The molecular formula is C22H25N3O5S. The Morgan fingerprint density at radius 3 is 2.71 bits per heavy atom. The number of nitriles is 1. The average molecular weight is 444 g/mol. The molecule has 1 aliphatic carbocycles. The van der Waals surface area contributed by atoms with Crippen LogP contribution in [-0.2, 0) is 14.3 Å². The zero-order chi connectivity index (χ0) is 22.5. The number of allylic oxidation sites excluding steroid dienone is 2. The molecule has 1 heterocycles. The number of thioether (sulfide) groups is 1. The van der Waals surface area contributed by atoms with Crippen molar-refractivity contribution in [3.8, 4) is 6.07 Å². The van der Waals surface area contributed by atoms with E-state index < -0.39 is 16.8 Å². The first-order chi connectivity index (χ1) is 14.9. The lowest BCUT2D eigenvalue weighted by atomic mass is 9.83. The highest BCUT2D eigenvalue weighted by Gasteiger charge is 2.37. The Hall–Kier alpha value is -2.99. The summed E-state index contributed by atoms with van der Waals surface area (Å²) in [6.45, 7) is 3.37. The molecule has 0 aromatic heterocycles. The van der Waals surface area contributed by atoms with Crippen LogP contribution in [0.15, 0.2) is 45.9 Å². The minimum atomic E-state index is -0.898. The Labute approximate surface area is 185 Å². The van der Waals surface area contributed by atoms with Crippen LogP contribution in [0.4, 0.5) is 5.69 Å². The zero-order valence-electron chi connectivity index (χ0n) is 17.6. The predicted octanol–water partition coefficient (Wildman–Crippen LogP) is 4.66. The van der Waals surface area contributed by atoms with Crippen LogP contribution < -0.4 is 5.73 Å². The molecule has 2 aliphatic rings. The summed E-state index contributed by atoms with van der Waals surface area (Å²) in [5.41, 5.74) is 6.43. The molecule has 2 N–H and O–H groups in total. The van der Waals surface area contributed by atoms with Crippen molar-refractivity contribution in [2.24, 2.45) is 5.73 Å². The molecule has 0 spiro atoms. The SMILES string of the molecule is CCOC(=O)C1=C(C)OC(N)=C(C#N)C1c1ccc(SC2CCCCC2)c([N+](=O)[O-])c1. The Morgan fingerprint density at radius 2 is 2.10 bits per heavy atom. The first kappa shape index (κ1) is 22.7. The molecule has 3 rings (SSSR count). The van der Waals surface area contributed by atoms with Crippen molar-refractivity contribution >= 4 is 23.4 Å². The first-order valence-corrected chi connectivity index (χ1v) is 11.2. The van der Waals surface area contributed by atoms with E-state index in [1.54, 1.807) is 26.0 Å². The van der Waals surface area contributed by atoms with Gasteiger partial charge in [0.2, 0.25) is 5.88 Å². The zero-order valence-corrected chi connectivity index (χ0v) is 18.4. The number of rotatable bonds is 6. The predicted molar refractivity (Wildman–Crippen MR) is 116 cm³/mol. The maximum absolute atomic E-state index is 12.6. The quantitative estimate of drug-likeness (QED) is 0.382. The van der Waals surface area contributed by atoms with Gasteiger partial charge in [-0.1, -0.05) is 25.3 Å². The highest BCUT2D eigenvalue weighted by Crippen LogP contribution is 2.43. The van der Waals surface area contributed by atoms with E-state index in [1.807, 2.05) is 6.07 Å². The van der Waals surface area contributed by atoms with Crippen molar-refractivity contribution in [2.75, 3.05) is 6.61 Å². The van der Waals surface area contributed by atoms with Crippen molar-refractivity contribution < 1.29 is 19.2 Å². The molecule has 164 valence electrons. The summed E-state index contributed by atoms with van der Waals surface area (Å²) in [4.78, 5) is 24.7. The van der Waals surface area contributed by atoms with Crippen LogP contribution in [0.2, 0.25) is 0 Å². The Morgan fingerprint density at radius 1 is 1.39 bits per heavy atom. The smallest absolute Gasteiger partial charge is 0.338 e. The lowest BCUT2D eigenvalue weighted by molar-refractivity contribution is -0.387. The third-order valence-corrected chi connectivity index (χ3v) is 6.86. The summed E-state index contributed by atoms with van der Waals surface area (Å²) in [6, 6.07) is 6.83. The molecule has 9 heteroatoms. The van der Waals surface area contributed by atoms with Crippen molar-refractivity contribution in [3.05, 3.63) is 56.7 Å². The summed E-state index contributed by atoms with van der Waals surface area (Å²) in [6.07, 6.45) is 5.55. The third-order valence-electron chi connectivity index (χ3n) is 5.46. The van der Waals surface area contributed by atoms with Crippen molar-refractivity contribution in [1.29, 1.82) is 5.26 Å². The molecule has 1 fully saturated rings. The van der Waals surface area contributed by atoms with Gasteiger partial charge < -0.3 is 15.2 Å². The number of ether oxygens (including phenoxy) is 2. The van der Waals surface area contributed by atoms with Crippen molar-refractivity contribution in [2.45, 2.75) is 62.0 Å². The second-order valence-corrected chi connectivity index (χ2v) is 8.82. The fraction of sp³-hybridized carbons (Fsp3) is 0.455. The average Bonchev–Trinajstić information content (AvgIpc) is 2.74.